The van der Waals surface area contributed by atoms with Crippen LogP contribution >= 0.6 is 0 Å². The molecule has 2 N–H and O–H groups in total. The molecule has 0 spiro atoms. The summed E-state index contributed by atoms with van der Waals surface area (Å²) >= 11 is 0. The van der Waals surface area contributed by atoms with Crippen molar-refractivity contribution in [1.82, 2.24) is 20.5 Å². The summed E-state index contributed by atoms with van der Waals surface area (Å²) in [6, 6.07) is 12.5. The maximum absolute atomic E-state index is 12.2. The monoisotopic (exact) mass is 409 g/mol. The van der Waals surface area contributed by atoms with Crippen LogP contribution in [-0.2, 0) is 18.4 Å². The Labute approximate surface area is 180 Å². The lowest BCUT2D eigenvalue weighted by atomic mass is 9.86. The molecule has 2 amide bonds. The first-order chi connectivity index (χ1) is 14.3. The molecule has 0 saturated carbocycles. The fraction of sp³-hybridized carbons (Fsp3) is 0.500. The van der Waals surface area contributed by atoms with Crippen LogP contribution in [0.25, 0.3) is 0 Å². The van der Waals surface area contributed by atoms with Crippen molar-refractivity contribution in [3.8, 4) is 0 Å². The number of pyridine rings is 1. The minimum atomic E-state index is -0.139. The molecule has 3 rings (SSSR count). The molecule has 0 radical (unpaired) electrons. The van der Waals surface area contributed by atoms with Gasteiger partial charge in [0.1, 0.15) is 5.82 Å². The van der Waals surface area contributed by atoms with Gasteiger partial charge in [0.2, 0.25) is 0 Å². The molecule has 6 heteroatoms. The Morgan fingerprint density at radius 1 is 1.03 bits per heavy atom. The molecule has 1 saturated heterocycles. The van der Waals surface area contributed by atoms with Crippen molar-refractivity contribution in [2.45, 2.75) is 39.2 Å². The molecular formula is C24H35N5O. The zero-order valence-corrected chi connectivity index (χ0v) is 18.7. The Hall–Kier alpha value is -2.60. The number of hydrogen-bond donors (Lipinski definition) is 2. The number of piperazine rings is 1. The van der Waals surface area contributed by atoms with Crippen molar-refractivity contribution < 1.29 is 4.79 Å². The van der Waals surface area contributed by atoms with Crippen LogP contribution in [0.5, 0.6) is 0 Å². The number of urea groups is 1. The van der Waals surface area contributed by atoms with Crippen molar-refractivity contribution in [3.63, 3.8) is 0 Å². The number of nitrogens with one attached hydrogen (secondary N) is 2. The third kappa shape index (κ3) is 6.46. The van der Waals surface area contributed by atoms with E-state index in [-0.39, 0.29) is 11.4 Å². The number of benzene rings is 1. The van der Waals surface area contributed by atoms with E-state index in [1.165, 1.54) is 11.1 Å². The van der Waals surface area contributed by atoms with Gasteiger partial charge >= 0.3 is 6.03 Å². The number of rotatable bonds is 6. The summed E-state index contributed by atoms with van der Waals surface area (Å²) in [7, 11) is 2.14. The van der Waals surface area contributed by atoms with E-state index in [9.17, 15) is 4.79 Å². The molecule has 0 unspecified atom stereocenters. The SMILES string of the molecule is CN1CCN(c2cc(CNC(=O)NCCc3cccc(C(C)(C)C)c3)ccn2)CC1. The van der Waals surface area contributed by atoms with Crippen molar-refractivity contribution in [3.05, 3.63) is 59.3 Å². The van der Waals surface area contributed by atoms with E-state index < -0.39 is 0 Å². The lowest BCUT2D eigenvalue weighted by Crippen LogP contribution is -2.44. The van der Waals surface area contributed by atoms with E-state index in [0.29, 0.717) is 13.1 Å². The van der Waals surface area contributed by atoms with E-state index in [0.717, 1.165) is 44.0 Å². The summed E-state index contributed by atoms with van der Waals surface area (Å²) in [6.07, 6.45) is 2.64. The molecule has 1 aliphatic rings. The summed E-state index contributed by atoms with van der Waals surface area (Å²) in [6.45, 7) is 11.8. The van der Waals surface area contributed by atoms with Gasteiger partial charge in [0.15, 0.2) is 0 Å². The molecule has 1 aromatic heterocycles. The Balaban J connectivity index is 1.43. The fourth-order valence-electron chi connectivity index (χ4n) is 3.54. The Kier molecular flexibility index (Phi) is 7.32. The lowest BCUT2D eigenvalue weighted by molar-refractivity contribution is 0.240. The molecule has 2 heterocycles. The van der Waals surface area contributed by atoms with Crippen LogP contribution in [0.3, 0.4) is 0 Å². The predicted molar refractivity (Wildman–Crippen MR) is 123 cm³/mol. The molecule has 1 aromatic carbocycles. The quantitative estimate of drug-likeness (QED) is 0.769. The largest absolute Gasteiger partial charge is 0.354 e. The van der Waals surface area contributed by atoms with Crippen LogP contribution in [0.15, 0.2) is 42.6 Å². The van der Waals surface area contributed by atoms with Gasteiger partial charge in [-0.3, -0.25) is 0 Å². The smallest absolute Gasteiger partial charge is 0.315 e. The van der Waals surface area contributed by atoms with Gasteiger partial charge in [0.05, 0.1) is 0 Å². The fourth-order valence-corrected chi connectivity index (χ4v) is 3.54. The molecule has 1 aliphatic heterocycles. The molecule has 0 atom stereocenters. The normalized spacial score (nSPS) is 15.1. The Morgan fingerprint density at radius 3 is 2.53 bits per heavy atom. The number of carbonyl (C=O) groups is 1. The number of hydrogen-bond acceptors (Lipinski definition) is 4. The second kappa shape index (κ2) is 9.94. The Morgan fingerprint density at radius 2 is 1.80 bits per heavy atom. The Bertz CT molecular complexity index is 837. The molecule has 6 nitrogen and oxygen atoms in total. The van der Waals surface area contributed by atoms with E-state index in [1.54, 1.807) is 0 Å². The van der Waals surface area contributed by atoms with Crippen LogP contribution < -0.4 is 15.5 Å². The van der Waals surface area contributed by atoms with Gasteiger partial charge in [-0.2, -0.15) is 0 Å². The topological polar surface area (TPSA) is 60.5 Å². The van der Waals surface area contributed by atoms with Crippen molar-refractivity contribution in [1.29, 1.82) is 0 Å². The van der Waals surface area contributed by atoms with Crippen molar-refractivity contribution >= 4 is 11.8 Å². The second-order valence-electron chi connectivity index (χ2n) is 9.12. The van der Waals surface area contributed by atoms with Crippen LogP contribution in [0, 0.1) is 0 Å². The standard InChI is InChI=1S/C24H35N5O/c1-24(2,3)21-7-5-6-19(16-21)8-11-26-23(30)27-18-20-9-10-25-22(17-20)29-14-12-28(4)13-15-29/h5-7,9-10,16-17H,8,11-15,18H2,1-4H3,(H2,26,27,30). The average molecular weight is 410 g/mol. The zero-order valence-electron chi connectivity index (χ0n) is 18.7. The summed E-state index contributed by atoms with van der Waals surface area (Å²) in [5, 5.41) is 5.91. The second-order valence-corrected chi connectivity index (χ2v) is 9.12. The average Bonchev–Trinajstić information content (AvgIpc) is 2.73. The number of likely N-dealkylation sites (N-methyl/N-ethyl adjacent to an activating group) is 1. The number of carbonyl (C=O) groups excluding carboxylic acids is 1. The molecule has 0 bridgehead atoms. The third-order valence-corrected chi connectivity index (χ3v) is 5.58. The van der Waals surface area contributed by atoms with Crippen LogP contribution in [0.1, 0.15) is 37.5 Å². The summed E-state index contributed by atoms with van der Waals surface area (Å²) in [4.78, 5) is 21.3. The minimum absolute atomic E-state index is 0.133. The van der Waals surface area contributed by atoms with Crippen LogP contribution in [-0.4, -0.2) is 55.7 Å². The molecule has 1 fully saturated rings. The highest BCUT2D eigenvalue weighted by Crippen LogP contribution is 2.22. The lowest BCUT2D eigenvalue weighted by Gasteiger charge is -2.33. The molecule has 2 aromatic rings. The zero-order chi connectivity index (χ0) is 21.6. The highest BCUT2D eigenvalue weighted by atomic mass is 16.2. The molecule has 162 valence electrons. The molecular weight excluding hydrogens is 374 g/mol. The summed E-state index contributed by atoms with van der Waals surface area (Å²) in [5.41, 5.74) is 3.76. The van der Waals surface area contributed by atoms with Gasteiger partial charge in [-0.15, -0.1) is 0 Å². The van der Waals surface area contributed by atoms with E-state index >= 15 is 0 Å². The predicted octanol–water partition coefficient (Wildman–Crippen LogP) is 3.17. The highest BCUT2D eigenvalue weighted by molar-refractivity contribution is 5.73. The first-order valence-corrected chi connectivity index (χ1v) is 10.8. The van der Waals surface area contributed by atoms with Crippen LogP contribution in [0.2, 0.25) is 0 Å². The maximum atomic E-state index is 12.2. The third-order valence-electron chi connectivity index (χ3n) is 5.58. The summed E-state index contributed by atoms with van der Waals surface area (Å²) < 4.78 is 0. The van der Waals surface area contributed by atoms with Crippen molar-refractivity contribution in [2.75, 3.05) is 44.7 Å². The van der Waals surface area contributed by atoms with E-state index in [4.69, 9.17) is 0 Å². The van der Waals surface area contributed by atoms with Gasteiger partial charge in [-0.25, -0.2) is 9.78 Å². The number of nitrogens with zero attached hydrogens (tertiary/aromatic N) is 3. The van der Waals surface area contributed by atoms with Gasteiger partial charge < -0.3 is 20.4 Å². The number of aromatic nitrogens is 1. The van der Waals surface area contributed by atoms with Gasteiger partial charge in [-0.1, -0.05) is 45.0 Å². The van der Waals surface area contributed by atoms with Gasteiger partial charge in [0, 0.05) is 45.5 Å². The van der Waals surface area contributed by atoms with E-state index in [2.05, 4.69) is 83.6 Å². The number of amides is 2. The highest BCUT2D eigenvalue weighted by Gasteiger charge is 2.16. The van der Waals surface area contributed by atoms with Gasteiger partial charge in [-0.05, 0) is 47.7 Å². The molecule has 30 heavy (non-hydrogen) atoms. The number of anilines is 1. The van der Waals surface area contributed by atoms with E-state index in [1.807, 2.05) is 12.3 Å². The first kappa shape index (κ1) is 22.1. The maximum Gasteiger partial charge on any atom is 0.315 e. The first-order valence-electron chi connectivity index (χ1n) is 10.8. The van der Waals surface area contributed by atoms with Gasteiger partial charge in [0.25, 0.3) is 0 Å². The van der Waals surface area contributed by atoms with Crippen LogP contribution in [0.4, 0.5) is 10.6 Å². The summed E-state index contributed by atoms with van der Waals surface area (Å²) in [5.74, 6) is 0.988. The molecule has 0 aliphatic carbocycles. The minimum Gasteiger partial charge on any atom is -0.354 e. The van der Waals surface area contributed by atoms with Crippen molar-refractivity contribution in [2.24, 2.45) is 0 Å².